The first kappa shape index (κ1) is 24.2. The van der Waals surface area contributed by atoms with Gasteiger partial charge in [-0.25, -0.2) is 9.37 Å². The highest BCUT2D eigenvalue weighted by molar-refractivity contribution is 5.92. The minimum Gasteiger partial charge on any atom is -0.387 e. The summed E-state index contributed by atoms with van der Waals surface area (Å²) in [5.41, 5.74) is -0.0968. The van der Waals surface area contributed by atoms with E-state index in [1.54, 1.807) is 7.11 Å². The maximum atomic E-state index is 13.2. The van der Waals surface area contributed by atoms with Crippen molar-refractivity contribution in [1.29, 1.82) is 0 Å². The Morgan fingerprint density at radius 3 is 2.71 bits per heavy atom. The second-order valence-corrected chi connectivity index (χ2v) is 12.2. The van der Waals surface area contributed by atoms with Crippen LogP contribution >= 0.6 is 0 Å². The average molecular weight is 473 g/mol. The van der Waals surface area contributed by atoms with E-state index in [1.807, 2.05) is 0 Å². The lowest BCUT2D eigenvalue weighted by atomic mass is 9.48. The van der Waals surface area contributed by atoms with Crippen molar-refractivity contribution in [2.45, 2.75) is 83.3 Å². The Morgan fingerprint density at radius 2 is 1.97 bits per heavy atom. The lowest BCUT2D eigenvalue weighted by molar-refractivity contribution is -0.125. The number of carbonyl (C=O) groups excluding carboxylic acids is 1. The number of hydrogen-bond donors (Lipinski definition) is 2. The molecule has 0 saturated heterocycles. The molecule has 1 aromatic heterocycles. The fourth-order valence-electron chi connectivity index (χ4n) is 9.12. The normalized spacial score (nSPS) is 42.3. The molecule has 2 N–H and O–H groups in total. The van der Waals surface area contributed by atoms with Crippen molar-refractivity contribution in [1.82, 2.24) is 10.3 Å². The van der Waals surface area contributed by atoms with Gasteiger partial charge < -0.3 is 15.2 Å². The van der Waals surface area contributed by atoms with Crippen LogP contribution in [0.4, 0.5) is 4.39 Å². The number of nitrogens with one attached hydrogen (secondary N) is 1. The quantitative estimate of drug-likeness (QED) is 0.634. The smallest absolute Gasteiger partial charge is 0.270 e. The van der Waals surface area contributed by atoms with Crippen molar-refractivity contribution in [3.05, 3.63) is 29.8 Å². The van der Waals surface area contributed by atoms with Gasteiger partial charge in [0.15, 0.2) is 0 Å². The zero-order chi connectivity index (χ0) is 24.1. The summed E-state index contributed by atoms with van der Waals surface area (Å²) in [7, 11) is 1.69. The molecule has 9 atom stereocenters. The van der Waals surface area contributed by atoms with Gasteiger partial charge in [-0.3, -0.25) is 4.79 Å². The summed E-state index contributed by atoms with van der Waals surface area (Å²) in [5.74, 6) is 3.50. The van der Waals surface area contributed by atoms with Gasteiger partial charge in [0.2, 0.25) is 0 Å². The van der Waals surface area contributed by atoms with Crippen molar-refractivity contribution >= 4 is 5.91 Å². The average Bonchev–Trinajstić information content (AvgIpc) is 3.16. The van der Waals surface area contributed by atoms with E-state index in [0.29, 0.717) is 18.4 Å². The Morgan fingerprint density at radius 1 is 1.18 bits per heavy atom. The SMILES string of the molecule is COC[C@@]1(O)CC[C@H]2[C@H](CC[C@@H]3[C@@H]2CC[C@]2(C)C([C@H](C)NC(=O)c4ccc(F)cn4)CC[C@@H]32)C1. The van der Waals surface area contributed by atoms with Gasteiger partial charge in [-0.05, 0) is 118 Å². The van der Waals surface area contributed by atoms with Crippen LogP contribution in [0.1, 0.15) is 82.1 Å². The molecule has 0 aliphatic heterocycles. The molecule has 4 fully saturated rings. The third-order valence-corrected chi connectivity index (χ3v) is 10.5. The third-order valence-electron chi connectivity index (χ3n) is 10.5. The molecule has 4 saturated carbocycles. The van der Waals surface area contributed by atoms with E-state index < -0.39 is 11.4 Å². The second kappa shape index (κ2) is 9.16. The van der Waals surface area contributed by atoms with Gasteiger partial charge in [0.1, 0.15) is 11.5 Å². The van der Waals surface area contributed by atoms with Gasteiger partial charge in [0, 0.05) is 13.2 Å². The highest BCUT2D eigenvalue weighted by Gasteiger charge is 2.58. The highest BCUT2D eigenvalue weighted by Crippen LogP contribution is 2.65. The van der Waals surface area contributed by atoms with Crippen molar-refractivity contribution in [2.75, 3.05) is 13.7 Å². The number of pyridine rings is 1. The third kappa shape index (κ3) is 4.19. The van der Waals surface area contributed by atoms with E-state index in [-0.39, 0.29) is 23.1 Å². The molecule has 6 heteroatoms. The summed E-state index contributed by atoms with van der Waals surface area (Å²) in [5, 5.41) is 14.2. The first-order chi connectivity index (χ1) is 16.2. The molecule has 0 bridgehead atoms. The van der Waals surface area contributed by atoms with Gasteiger partial charge in [-0.2, -0.15) is 0 Å². The largest absolute Gasteiger partial charge is 0.387 e. The van der Waals surface area contributed by atoms with Crippen LogP contribution < -0.4 is 5.32 Å². The first-order valence-corrected chi connectivity index (χ1v) is 13.4. The van der Waals surface area contributed by atoms with E-state index in [9.17, 15) is 14.3 Å². The zero-order valence-corrected chi connectivity index (χ0v) is 20.9. The first-order valence-electron chi connectivity index (χ1n) is 13.4. The van der Waals surface area contributed by atoms with E-state index in [1.165, 1.54) is 44.2 Å². The van der Waals surface area contributed by atoms with Crippen LogP contribution in [0.2, 0.25) is 0 Å². The van der Waals surface area contributed by atoms with Crippen LogP contribution in [0, 0.1) is 46.7 Å². The molecular formula is C28H41FN2O3. The molecule has 34 heavy (non-hydrogen) atoms. The Bertz CT molecular complexity index is 894. The summed E-state index contributed by atoms with van der Waals surface area (Å²) in [4.78, 5) is 16.7. The van der Waals surface area contributed by atoms with Crippen molar-refractivity contribution in [2.24, 2.45) is 40.9 Å². The molecular weight excluding hydrogens is 431 g/mol. The van der Waals surface area contributed by atoms with Gasteiger partial charge in [-0.1, -0.05) is 6.92 Å². The second-order valence-electron chi connectivity index (χ2n) is 12.2. The highest BCUT2D eigenvalue weighted by atomic mass is 19.1. The van der Waals surface area contributed by atoms with Crippen LogP contribution in [0.25, 0.3) is 0 Å². The van der Waals surface area contributed by atoms with Crippen LogP contribution in [0.15, 0.2) is 18.3 Å². The Hall–Kier alpha value is -1.53. The number of aromatic nitrogens is 1. The lowest BCUT2D eigenvalue weighted by Crippen LogP contribution is -2.53. The summed E-state index contributed by atoms with van der Waals surface area (Å²) < 4.78 is 18.5. The maximum Gasteiger partial charge on any atom is 0.270 e. The number of hydrogen-bond acceptors (Lipinski definition) is 4. The number of fused-ring (bicyclic) bond motifs is 5. The molecule has 4 aliphatic rings. The fourth-order valence-corrected chi connectivity index (χ4v) is 9.12. The molecule has 0 radical (unpaired) electrons. The summed E-state index contributed by atoms with van der Waals surface area (Å²) in [6.07, 6.45) is 11.4. The molecule has 188 valence electrons. The predicted octanol–water partition coefficient (Wildman–Crippen LogP) is 4.99. The Balaban J connectivity index is 1.25. The number of aliphatic hydroxyl groups is 1. The number of carbonyl (C=O) groups is 1. The Kier molecular flexibility index (Phi) is 6.52. The van der Waals surface area contributed by atoms with Gasteiger partial charge >= 0.3 is 0 Å². The topological polar surface area (TPSA) is 71.5 Å². The van der Waals surface area contributed by atoms with Crippen molar-refractivity contribution in [3.8, 4) is 0 Å². The van der Waals surface area contributed by atoms with Gasteiger partial charge in [-0.15, -0.1) is 0 Å². The molecule has 5 nitrogen and oxygen atoms in total. The number of rotatable bonds is 5. The molecule has 0 spiro atoms. The van der Waals surface area contributed by atoms with Crippen molar-refractivity contribution in [3.63, 3.8) is 0 Å². The van der Waals surface area contributed by atoms with E-state index >= 15 is 0 Å². The molecule has 4 aliphatic carbocycles. The summed E-state index contributed by atoms with van der Waals surface area (Å²) >= 11 is 0. The van der Waals surface area contributed by atoms with Gasteiger partial charge in [0.05, 0.1) is 18.4 Å². The van der Waals surface area contributed by atoms with Crippen LogP contribution in [-0.4, -0.2) is 41.4 Å². The van der Waals surface area contributed by atoms with Crippen LogP contribution in [-0.2, 0) is 4.74 Å². The minimum atomic E-state index is -0.628. The molecule has 0 aromatic carbocycles. The minimum absolute atomic E-state index is 0.0703. The molecule has 1 aromatic rings. The van der Waals surface area contributed by atoms with Crippen LogP contribution in [0.3, 0.4) is 0 Å². The number of methoxy groups -OCH3 is 1. The number of halogens is 1. The van der Waals surface area contributed by atoms with Gasteiger partial charge in [0.25, 0.3) is 5.91 Å². The predicted molar refractivity (Wildman–Crippen MR) is 129 cm³/mol. The molecule has 1 heterocycles. The molecule has 1 amide bonds. The Labute approximate surface area is 203 Å². The van der Waals surface area contributed by atoms with E-state index in [2.05, 4.69) is 24.1 Å². The molecule has 1 unspecified atom stereocenters. The monoisotopic (exact) mass is 472 g/mol. The maximum absolute atomic E-state index is 13.2. The van der Waals surface area contributed by atoms with E-state index in [0.717, 1.165) is 55.6 Å². The number of amides is 1. The lowest BCUT2D eigenvalue weighted by Gasteiger charge is -2.57. The van der Waals surface area contributed by atoms with Crippen molar-refractivity contribution < 1.29 is 19.0 Å². The van der Waals surface area contributed by atoms with E-state index in [4.69, 9.17) is 4.74 Å². The number of nitrogens with zero attached hydrogens (tertiary/aromatic N) is 1. The summed E-state index contributed by atoms with van der Waals surface area (Å²) in [6, 6.07) is 2.82. The summed E-state index contributed by atoms with van der Waals surface area (Å²) in [6.45, 7) is 5.08. The fraction of sp³-hybridized carbons (Fsp3) is 0.786. The zero-order valence-electron chi connectivity index (χ0n) is 20.9. The standard InChI is InChI=1S/C28H41FN2O3/c1-17(31-26(32)25-9-5-19(29)15-30-25)23-7-8-24-22-6-4-18-14-28(33,16-34-3)13-11-20(18)21(22)10-12-27(23,24)2/h5,9,15,17-18,20-24,33H,4,6-8,10-14,16H2,1-3H3,(H,31,32)/t17-,18+,20-,21+,22+,23?,24-,27+,28+/m0/s1. The van der Waals surface area contributed by atoms with Crippen LogP contribution in [0.5, 0.6) is 0 Å². The molecule has 5 rings (SSSR count). The number of ether oxygens (including phenoxy) is 1.